The second kappa shape index (κ2) is 7.66. The number of nitrogens with zero attached hydrogens (tertiary/aromatic N) is 2. The van der Waals surface area contributed by atoms with E-state index in [-0.39, 0.29) is 18.6 Å². The monoisotopic (exact) mass is 298 g/mol. The molecule has 0 aromatic carbocycles. The first kappa shape index (κ1) is 17.8. The van der Waals surface area contributed by atoms with Crippen molar-refractivity contribution in [2.24, 2.45) is 5.41 Å². The lowest BCUT2D eigenvalue weighted by atomic mass is 9.74. The van der Waals surface area contributed by atoms with Gasteiger partial charge in [-0.3, -0.25) is 4.79 Å². The number of amides is 2. The van der Waals surface area contributed by atoms with Crippen molar-refractivity contribution in [3.05, 3.63) is 0 Å². The largest absolute Gasteiger partial charge is 0.480 e. The van der Waals surface area contributed by atoms with E-state index in [1.807, 2.05) is 18.7 Å². The number of carbonyl (C=O) groups excluding carboxylic acids is 1. The third-order valence-electron chi connectivity index (χ3n) is 5.27. The van der Waals surface area contributed by atoms with E-state index >= 15 is 0 Å². The molecule has 1 saturated heterocycles. The van der Waals surface area contributed by atoms with Crippen LogP contribution in [-0.2, 0) is 4.79 Å². The molecule has 21 heavy (non-hydrogen) atoms. The predicted octanol–water partition coefficient (Wildman–Crippen LogP) is 3.19. The lowest BCUT2D eigenvalue weighted by molar-refractivity contribution is -0.138. The minimum atomic E-state index is -0.947. The van der Waals surface area contributed by atoms with E-state index in [2.05, 4.69) is 13.8 Å². The molecule has 1 heterocycles. The van der Waals surface area contributed by atoms with Gasteiger partial charge in [0.15, 0.2) is 0 Å². The molecular weight excluding hydrogens is 268 g/mol. The smallest absolute Gasteiger partial charge is 0.323 e. The Labute approximate surface area is 128 Å². The second-order valence-corrected chi connectivity index (χ2v) is 6.26. The lowest BCUT2D eigenvalue weighted by Crippen LogP contribution is -2.52. The van der Waals surface area contributed by atoms with Gasteiger partial charge in [-0.25, -0.2) is 4.79 Å². The Hall–Kier alpha value is -1.26. The Balaban J connectivity index is 2.71. The third-order valence-corrected chi connectivity index (χ3v) is 5.27. The van der Waals surface area contributed by atoms with Gasteiger partial charge in [-0.2, -0.15) is 0 Å². The zero-order valence-corrected chi connectivity index (χ0v) is 13.9. The van der Waals surface area contributed by atoms with Crippen LogP contribution in [-0.4, -0.2) is 52.6 Å². The summed E-state index contributed by atoms with van der Waals surface area (Å²) in [4.78, 5) is 26.9. The van der Waals surface area contributed by atoms with Gasteiger partial charge in [0, 0.05) is 19.1 Å². The van der Waals surface area contributed by atoms with Crippen LogP contribution in [0.3, 0.4) is 0 Å². The first-order valence-corrected chi connectivity index (χ1v) is 8.16. The number of carboxylic acid groups (broad SMARTS) is 1. The van der Waals surface area contributed by atoms with Gasteiger partial charge in [0.2, 0.25) is 0 Å². The first-order valence-electron chi connectivity index (χ1n) is 8.16. The van der Waals surface area contributed by atoms with Crippen LogP contribution in [0.1, 0.15) is 59.8 Å². The Bertz CT molecular complexity index is 357. The van der Waals surface area contributed by atoms with Crippen LogP contribution in [0.2, 0.25) is 0 Å². The summed E-state index contributed by atoms with van der Waals surface area (Å²) in [6, 6.07) is -0.162. The minimum Gasteiger partial charge on any atom is -0.480 e. The van der Waals surface area contributed by atoms with Crippen molar-refractivity contribution in [1.82, 2.24) is 9.80 Å². The maximum Gasteiger partial charge on any atom is 0.323 e. The highest BCUT2D eigenvalue weighted by Crippen LogP contribution is 2.38. The summed E-state index contributed by atoms with van der Waals surface area (Å²) in [6.07, 6.45) is 5.10. The molecule has 0 radical (unpaired) electrons. The molecule has 1 fully saturated rings. The maximum atomic E-state index is 12.6. The normalized spacial score (nSPS) is 19.1. The summed E-state index contributed by atoms with van der Waals surface area (Å²) in [6.45, 7) is 9.60. The quantitative estimate of drug-likeness (QED) is 0.819. The fourth-order valence-corrected chi connectivity index (χ4v) is 3.09. The summed E-state index contributed by atoms with van der Waals surface area (Å²) in [5, 5.41) is 9.02. The second-order valence-electron chi connectivity index (χ2n) is 6.26. The fraction of sp³-hybridized carbons (Fsp3) is 0.875. The Morgan fingerprint density at radius 2 is 1.71 bits per heavy atom. The van der Waals surface area contributed by atoms with Crippen LogP contribution in [0, 0.1) is 5.41 Å². The number of piperidine rings is 1. The van der Waals surface area contributed by atoms with E-state index in [0.29, 0.717) is 5.41 Å². The Morgan fingerprint density at radius 1 is 1.19 bits per heavy atom. The van der Waals surface area contributed by atoms with Crippen molar-refractivity contribution in [2.45, 2.75) is 65.8 Å². The van der Waals surface area contributed by atoms with E-state index in [4.69, 9.17) is 5.11 Å². The molecule has 5 nitrogen and oxygen atoms in total. The third kappa shape index (κ3) is 4.35. The molecule has 0 aliphatic carbocycles. The van der Waals surface area contributed by atoms with Gasteiger partial charge >= 0.3 is 12.0 Å². The van der Waals surface area contributed by atoms with Crippen LogP contribution in [0.15, 0.2) is 0 Å². The maximum absolute atomic E-state index is 12.6. The highest BCUT2D eigenvalue weighted by molar-refractivity contribution is 5.80. The van der Waals surface area contributed by atoms with Gasteiger partial charge < -0.3 is 14.9 Å². The summed E-state index contributed by atoms with van der Waals surface area (Å²) in [5.74, 6) is -0.947. The average Bonchev–Trinajstić information content (AvgIpc) is 2.51. The van der Waals surface area contributed by atoms with Crippen molar-refractivity contribution in [3.8, 4) is 0 Å². The number of carbonyl (C=O) groups is 2. The topological polar surface area (TPSA) is 60.9 Å². The number of rotatable bonds is 6. The Kier molecular flexibility index (Phi) is 6.49. The Morgan fingerprint density at radius 3 is 2.10 bits per heavy atom. The van der Waals surface area contributed by atoms with Crippen LogP contribution < -0.4 is 0 Å². The number of hydrogen-bond donors (Lipinski definition) is 1. The molecule has 5 heteroatoms. The molecule has 0 aromatic rings. The van der Waals surface area contributed by atoms with Crippen molar-refractivity contribution in [3.63, 3.8) is 0 Å². The molecule has 0 saturated carbocycles. The zero-order chi connectivity index (χ0) is 16.0. The summed E-state index contributed by atoms with van der Waals surface area (Å²) >= 11 is 0. The zero-order valence-electron chi connectivity index (χ0n) is 13.9. The molecule has 1 rings (SSSR count). The molecule has 1 aliphatic rings. The van der Waals surface area contributed by atoms with Crippen molar-refractivity contribution in [2.75, 3.05) is 19.6 Å². The standard InChI is InChI=1S/C16H30N2O3/c1-5-13(4)18(12-14(19)20)15(21)17-10-8-16(6-2,7-3)9-11-17/h13H,5-12H2,1-4H3,(H,19,20). The molecule has 0 spiro atoms. The highest BCUT2D eigenvalue weighted by atomic mass is 16.4. The molecule has 1 unspecified atom stereocenters. The lowest BCUT2D eigenvalue weighted by Gasteiger charge is -2.43. The summed E-state index contributed by atoms with van der Waals surface area (Å²) < 4.78 is 0. The van der Waals surface area contributed by atoms with Crippen LogP contribution >= 0.6 is 0 Å². The molecule has 0 aromatic heterocycles. The molecule has 1 atom stereocenters. The van der Waals surface area contributed by atoms with Gasteiger partial charge in [0.25, 0.3) is 0 Å². The molecule has 122 valence electrons. The SMILES string of the molecule is CCC(C)N(CC(=O)O)C(=O)N1CCC(CC)(CC)CC1. The summed E-state index contributed by atoms with van der Waals surface area (Å²) in [5.41, 5.74) is 0.366. The van der Waals surface area contributed by atoms with E-state index in [0.717, 1.165) is 45.2 Å². The van der Waals surface area contributed by atoms with Gasteiger partial charge in [0.1, 0.15) is 6.54 Å². The van der Waals surface area contributed by atoms with E-state index in [1.54, 1.807) is 0 Å². The molecule has 1 N–H and O–H groups in total. The van der Waals surface area contributed by atoms with Crippen LogP contribution in [0.5, 0.6) is 0 Å². The first-order chi connectivity index (χ1) is 9.89. The van der Waals surface area contributed by atoms with Crippen LogP contribution in [0.25, 0.3) is 0 Å². The molecule has 0 bridgehead atoms. The van der Waals surface area contributed by atoms with Gasteiger partial charge in [0.05, 0.1) is 0 Å². The molecule has 1 aliphatic heterocycles. The highest BCUT2D eigenvalue weighted by Gasteiger charge is 2.35. The number of carboxylic acids is 1. The van der Waals surface area contributed by atoms with E-state index in [1.165, 1.54) is 4.90 Å². The molecular formula is C16H30N2O3. The minimum absolute atomic E-state index is 0.0439. The number of hydrogen-bond acceptors (Lipinski definition) is 2. The van der Waals surface area contributed by atoms with Crippen molar-refractivity contribution < 1.29 is 14.7 Å². The van der Waals surface area contributed by atoms with Gasteiger partial charge in [-0.05, 0) is 31.6 Å². The van der Waals surface area contributed by atoms with Gasteiger partial charge in [-0.15, -0.1) is 0 Å². The predicted molar refractivity (Wildman–Crippen MR) is 83.3 cm³/mol. The van der Waals surface area contributed by atoms with Crippen molar-refractivity contribution in [1.29, 1.82) is 0 Å². The number of aliphatic carboxylic acids is 1. The van der Waals surface area contributed by atoms with E-state index < -0.39 is 5.97 Å². The number of urea groups is 1. The fourth-order valence-electron chi connectivity index (χ4n) is 3.09. The molecule has 2 amide bonds. The van der Waals surface area contributed by atoms with E-state index in [9.17, 15) is 9.59 Å². The van der Waals surface area contributed by atoms with Crippen LogP contribution in [0.4, 0.5) is 4.79 Å². The summed E-state index contributed by atoms with van der Waals surface area (Å²) in [7, 11) is 0. The number of likely N-dealkylation sites (tertiary alicyclic amines) is 1. The van der Waals surface area contributed by atoms with Gasteiger partial charge in [-0.1, -0.05) is 33.6 Å². The average molecular weight is 298 g/mol. The van der Waals surface area contributed by atoms with Crippen molar-refractivity contribution >= 4 is 12.0 Å².